The topological polar surface area (TPSA) is 18.5 Å². The van der Waals surface area contributed by atoms with Gasteiger partial charge in [-0.25, -0.2) is 0 Å². The highest BCUT2D eigenvalue weighted by Gasteiger charge is 2.24. The summed E-state index contributed by atoms with van der Waals surface area (Å²) in [6.07, 6.45) is 7.41. The van der Waals surface area contributed by atoms with E-state index < -0.39 is 0 Å². The lowest BCUT2D eigenvalue weighted by Gasteiger charge is -2.29. The van der Waals surface area contributed by atoms with Crippen molar-refractivity contribution in [3.8, 4) is 5.75 Å². The fraction of sp³-hybridized carbons (Fsp3) is 0.625. The standard InChI is InChI=1S/C16H24O2/c1-3-13-9-11-15(12-10-13)18-16(17-2)14-7-5-4-6-8-14/h9-12,14,16H,3-8H2,1-2H3. The van der Waals surface area contributed by atoms with Crippen molar-refractivity contribution in [2.24, 2.45) is 5.92 Å². The molecule has 0 amide bonds. The maximum Gasteiger partial charge on any atom is 0.202 e. The lowest BCUT2D eigenvalue weighted by Crippen LogP contribution is -2.30. The average Bonchev–Trinajstić information content (AvgIpc) is 2.46. The van der Waals surface area contributed by atoms with E-state index >= 15 is 0 Å². The normalized spacial score (nSPS) is 18.6. The fourth-order valence-corrected chi connectivity index (χ4v) is 2.68. The van der Waals surface area contributed by atoms with E-state index in [0.717, 1.165) is 12.2 Å². The van der Waals surface area contributed by atoms with Gasteiger partial charge in [0.25, 0.3) is 0 Å². The second-order valence-corrected chi connectivity index (χ2v) is 5.12. The van der Waals surface area contributed by atoms with Crippen molar-refractivity contribution in [1.82, 2.24) is 0 Å². The zero-order chi connectivity index (χ0) is 12.8. The predicted octanol–water partition coefficient (Wildman–Crippen LogP) is 4.18. The summed E-state index contributed by atoms with van der Waals surface area (Å²) in [6.45, 7) is 2.16. The van der Waals surface area contributed by atoms with Gasteiger partial charge in [0.15, 0.2) is 0 Å². The van der Waals surface area contributed by atoms with Gasteiger partial charge >= 0.3 is 0 Å². The Kier molecular flexibility index (Phi) is 5.06. The lowest BCUT2D eigenvalue weighted by atomic mass is 9.89. The van der Waals surface area contributed by atoms with Crippen molar-refractivity contribution in [3.05, 3.63) is 29.8 Å². The van der Waals surface area contributed by atoms with E-state index in [1.165, 1.54) is 37.7 Å². The second kappa shape index (κ2) is 6.79. The Bertz CT molecular complexity index is 339. The Morgan fingerprint density at radius 2 is 1.78 bits per heavy atom. The van der Waals surface area contributed by atoms with E-state index in [-0.39, 0.29) is 6.29 Å². The van der Waals surface area contributed by atoms with Gasteiger partial charge in [-0.05, 0) is 37.0 Å². The molecule has 0 spiro atoms. The van der Waals surface area contributed by atoms with E-state index in [9.17, 15) is 0 Å². The van der Waals surface area contributed by atoms with Crippen LogP contribution in [0.15, 0.2) is 24.3 Å². The molecule has 1 aromatic carbocycles. The van der Waals surface area contributed by atoms with Crippen LogP contribution < -0.4 is 4.74 Å². The smallest absolute Gasteiger partial charge is 0.202 e. The van der Waals surface area contributed by atoms with Crippen molar-refractivity contribution in [3.63, 3.8) is 0 Å². The molecule has 0 N–H and O–H groups in total. The third kappa shape index (κ3) is 3.49. The Morgan fingerprint density at radius 3 is 2.33 bits per heavy atom. The summed E-state index contributed by atoms with van der Waals surface area (Å²) in [6, 6.07) is 8.35. The largest absolute Gasteiger partial charge is 0.465 e. The minimum Gasteiger partial charge on any atom is -0.465 e. The van der Waals surface area contributed by atoms with Gasteiger partial charge in [0.2, 0.25) is 6.29 Å². The van der Waals surface area contributed by atoms with Crippen LogP contribution in [0.25, 0.3) is 0 Å². The molecule has 1 aromatic rings. The van der Waals surface area contributed by atoms with Gasteiger partial charge in [-0.1, -0.05) is 38.3 Å². The minimum absolute atomic E-state index is 0.0854. The summed E-state index contributed by atoms with van der Waals surface area (Å²) in [5.41, 5.74) is 1.34. The molecular weight excluding hydrogens is 224 g/mol. The molecule has 2 heteroatoms. The number of benzene rings is 1. The van der Waals surface area contributed by atoms with Gasteiger partial charge in [0, 0.05) is 13.0 Å². The first kappa shape index (κ1) is 13.4. The molecule has 1 fully saturated rings. The quantitative estimate of drug-likeness (QED) is 0.728. The summed E-state index contributed by atoms with van der Waals surface area (Å²) in [7, 11) is 1.75. The SMILES string of the molecule is CCc1ccc(OC(OC)C2CCCCC2)cc1. The van der Waals surface area contributed by atoms with Crippen LogP contribution in [-0.4, -0.2) is 13.4 Å². The Balaban J connectivity index is 1.95. The molecule has 1 unspecified atom stereocenters. The molecule has 0 saturated heterocycles. The highest BCUT2D eigenvalue weighted by atomic mass is 16.7. The van der Waals surface area contributed by atoms with Crippen LogP contribution in [-0.2, 0) is 11.2 Å². The van der Waals surface area contributed by atoms with Crippen LogP contribution in [0.5, 0.6) is 5.75 Å². The zero-order valence-electron chi connectivity index (χ0n) is 11.5. The zero-order valence-corrected chi connectivity index (χ0v) is 11.5. The summed E-state index contributed by atoms with van der Waals surface area (Å²) >= 11 is 0. The van der Waals surface area contributed by atoms with E-state index in [0.29, 0.717) is 5.92 Å². The van der Waals surface area contributed by atoms with E-state index in [1.807, 2.05) is 12.1 Å². The van der Waals surface area contributed by atoms with Crippen LogP contribution in [0.1, 0.15) is 44.6 Å². The molecular formula is C16H24O2. The number of rotatable bonds is 5. The molecule has 1 aliphatic carbocycles. The number of ether oxygens (including phenoxy) is 2. The molecule has 1 aliphatic rings. The molecule has 1 saturated carbocycles. The minimum atomic E-state index is -0.0854. The molecule has 2 rings (SSSR count). The highest BCUT2D eigenvalue weighted by Crippen LogP contribution is 2.29. The van der Waals surface area contributed by atoms with Crippen LogP contribution in [0.3, 0.4) is 0 Å². The van der Waals surface area contributed by atoms with E-state index in [4.69, 9.17) is 9.47 Å². The summed E-state index contributed by atoms with van der Waals surface area (Å²) in [5, 5.41) is 0. The van der Waals surface area contributed by atoms with Crippen molar-refractivity contribution >= 4 is 0 Å². The number of hydrogen-bond donors (Lipinski definition) is 0. The van der Waals surface area contributed by atoms with E-state index in [2.05, 4.69) is 19.1 Å². The van der Waals surface area contributed by atoms with Crippen LogP contribution in [0, 0.1) is 5.92 Å². The number of aryl methyl sites for hydroxylation is 1. The Hall–Kier alpha value is -1.02. The molecule has 100 valence electrons. The molecule has 18 heavy (non-hydrogen) atoms. The highest BCUT2D eigenvalue weighted by molar-refractivity contribution is 5.27. The van der Waals surface area contributed by atoms with Gasteiger partial charge in [-0.3, -0.25) is 0 Å². The second-order valence-electron chi connectivity index (χ2n) is 5.12. The van der Waals surface area contributed by atoms with Gasteiger partial charge in [0.1, 0.15) is 5.75 Å². The molecule has 0 aromatic heterocycles. The Morgan fingerprint density at radius 1 is 1.11 bits per heavy atom. The number of hydrogen-bond acceptors (Lipinski definition) is 2. The first-order valence-corrected chi connectivity index (χ1v) is 7.12. The van der Waals surface area contributed by atoms with Crippen molar-refractivity contribution in [2.45, 2.75) is 51.7 Å². The molecule has 0 aliphatic heterocycles. The van der Waals surface area contributed by atoms with Crippen LogP contribution >= 0.6 is 0 Å². The monoisotopic (exact) mass is 248 g/mol. The molecule has 0 radical (unpaired) electrons. The fourth-order valence-electron chi connectivity index (χ4n) is 2.68. The van der Waals surface area contributed by atoms with Crippen molar-refractivity contribution < 1.29 is 9.47 Å². The summed E-state index contributed by atoms with van der Waals surface area (Å²) < 4.78 is 11.5. The predicted molar refractivity (Wildman–Crippen MR) is 73.8 cm³/mol. The van der Waals surface area contributed by atoms with E-state index in [1.54, 1.807) is 7.11 Å². The molecule has 2 nitrogen and oxygen atoms in total. The van der Waals surface area contributed by atoms with Crippen LogP contribution in [0.4, 0.5) is 0 Å². The average molecular weight is 248 g/mol. The molecule has 1 atom stereocenters. The lowest BCUT2D eigenvalue weighted by molar-refractivity contribution is -0.101. The first-order valence-electron chi connectivity index (χ1n) is 7.12. The maximum absolute atomic E-state index is 5.98. The molecule has 0 bridgehead atoms. The van der Waals surface area contributed by atoms with Gasteiger partial charge < -0.3 is 9.47 Å². The summed E-state index contributed by atoms with van der Waals surface area (Å²) in [4.78, 5) is 0. The van der Waals surface area contributed by atoms with Gasteiger partial charge in [-0.2, -0.15) is 0 Å². The van der Waals surface area contributed by atoms with Crippen molar-refractivity contribution in [2.75, 3.05) is 7.11 Å². The number of methoxy groups -OCH3 is 1. The Labute approximate surface area is 110 Å². The third-order valence-electron chi connectivity index (χ3n) is 3.85. The third-order valence-corrected chi connectivity index (χ3v) is 3.85. The van der Waals surface area contributed by atoms with Gasteiger partial charge in [-0.15, -0.1) is 0 Å². The summed E-state index contributed by atoms with van der Waals surface area (Å²) in [5.74, 6) is 1.47. The molecule has 0 heterocycles. The first-order chi connectivity index (χ1) is 8.83. The van der Waals surface area contributed by atoms with Crippen molar-refractivity contribution in [1.29, 1.82) is 0 Å². The van der Waals surface area contributed by atoms with Gasteiger partial charge in [0.05, 0.1) is 0 Å². The van der Waals surface area contributed by atoms with Crippen LogP contribution in [0.2, 0.25) is 0 Å². The maximum atomic E-state index is 5.98.